The largest absolute Gasteiger partial charge is 0.350 e. The second kappa shape index (κ2) is 5.86. The first-order valence-corrected chi connectivity index (χ1v) is 8.97. The van der Waals surface area contributed by atoms with Gasteiger partial charge in [0, 0.05) is 43.9 Å². The summed E-state index contributed by atoms with van der Waals surface area (Å²) >= 11 is 0. The van der Waals surface area contributed by atoms with Crippen LogP contribution in [-0.4, -0.2) is 46.1 Å². The van der Waals surface area contributed by atoms with Gasteiger partial charge in [0.2, 0.25) is 5.91 Å². The molecule has 25 heavy (non-hydrogen) atoms. The van der Waals surface area contributed by atoms with Crippen LogP contribution < -0.4 is 5.32 Å². The molecule has 0 unspecified atom stereocenters. The molecule has 2 aliphatic rings. The van der Waals surface area contributed by atoms with Crippen molar-refractivity contribution in [2.24, 2.45) is 12.5 Å². The van der Waals surface area contributed by atoms with Crippen LogP contribution in [0.1, 0.15) is 42.6 Å². The van der Waals surface area contributed by atoms with Crippen LogP contribution in [0.2, 0.25) is 0 Å². The number of carbonyl (C=O) groups excluding carboxylic acids is 2. The Hall–Kier alpha value is -2.37. The quantitative estimate of drug-likeness (QED) is 0.930. The van der Waals surface area contributed by atoms with Crippen molar-refractivity contribution in [2.45, 2.75) is 38.1 Å². The van der Waals surface area contributed by atoms with Gasteiger partial charge in [-0.05, 0) is 25.3 Å². The maximum atomic E-state index is 12.8. The van der Waals surface area contributed by atoms with E-state index in [9.17, 15) is 9.59 Å². The number of hydrogen-bond donors (Lipinski definition) is 1. The van der Waals surface area contributed by atoms with Crippen molar-refractivity contribution in [1.82, 2.24) is 20.0 Å². The molecule has 2 amide bonds. The number of likely N-dealkylation sites (tertiary alicyclic amines) is 1. The molecule has 6 nitrogen and oxygen atoms in total. The smallest absolute Gasteiger partial charge is 0.272 e. The van der Waals surface area contributed by atoms with Crippen LogP contribution in [0.25, 0.3) is 10.9 Å². The topological polar surface area (TPSA) is 67.2 Å². The van der Waals surface area contributed by atoms with E-state index >= 15 is 0 Å². The summed E-state index contributed by atoms with van der Waals surface area (Å²) < 4.78 is 1.74. The molecule has 0 radical (unpaired) electrons. The number of aryl methyl sites for hydroxylation is 1. The van der Waals surface area contributed by atoms with Crippen LogP contribution >= 0.6 is 0 Å². The summed E-state index contributed by atoms with van der Waals surface area (Å²) in [6.07, 6.45) is 4.66. The zero-order valence-corrected chi connectivity index (χ0v) is 14.8. The lowest BCUT2D eigenvalue weighted by atomic mass is 9.74. The molecule has 2 fully saturated rings. The molecule has 1 aliphatic carbocycles. The monoisotopic (exact) mass is 340 g/mol. The van der Waals surface area contributed by atoms with Crippen LogP contribution in [0.3, 0.4) is 0 Å². The Labute approximate surface area is 147 Å². The number of fused-ring (bicyclic) bond motifs is 2. The molecule has 132 valence electrons. The summed E-state index contributed by atoms with van der Waals surface area (Å²) in [7, 11) is 3.76. The van der Waals surface area contributed by atoms with E-state index in [0.717, 1.165) is 36.6 Å². The van der Waals surface area contributed by atoms with Gasteiger partial charge in [0.15, 0.2) is 5.69 Å². The molecule has 1 N–H and O–H groups in total. The Bertz CT molecular complexity index is 843. The molecule has 4 rings (SSSR count). The lowest BCUT2D eigenvalue weighted by Gasteiger charge is -2.44. The van der Waals surface area contributed by atoms with Crippen molar-refractivity contribution in [3.8, 4) is 0 Å². The Morgan fingerprint density at radius 2 is 2.12 bits per heavy atom. The fraction of sp³-hybridized carbons (Fsp3) is 0.526. The minimum absolute atomic E-state index is 0.0168. The minimum Gasteiger partial charge on any atom is -0.350 e. The van der Waals surface area contributed by atoms with E-state index in [4.69, 9.17) is 0 Å². The van der Waals surface area contributed by atoms with Gasteiger partial charge in [-0.2, -0.15) is 5.10 Å². The number of rotatable bonds is 3. The molecule has 1 saturated heterocycles. The van der Waals surface area contributed by atoms with Gasteiger partial charge in [0.1, 0.15) is 0 Å². The first-order chi connectivity index (χ1) is 12.0. The summed E-state index contributed by atoms with van der Waals surface area (Å²) in [5, 5.41) is 8.40. The Morgan fingerprint density at radius 1 is 1.32 bits per heavy atom. The van der Waals surface area contributed by atoms with Gasteiger partial charge in [0.25, 0.3) is 5.91 Å². The molecule has 2 atom stereocenters. The lowest BCUT2D eigenvalue weighted by Crippen LogP contribution is -2.54. The average Bonchev–Trinajstić information content (AvgIpc) is 3.19. The number of nitrogens with one attached hydrogen (secondary N) is 1. The number of para-hydroxylation sites is 1. The van der Waals surface area contributed by atoms with Crippen molar-refractivity contribution in [2.75, 3.05) is 13.6 Å². The van der Waals surface area contributed by atoms with Gasteiger partial charge in [-0.1, -0.05) is 24.6 Å². The number of aromatic nitrogens is 2. The van der Waals surface area contributed by atoms with Crippen LogP contribution in [-0.2, 0) is 11.8 Å². The van der Waals surface area contributed by atoms with Crippen molar-refractivity contribution < 1.29 is 9.59 Å². The van der Waals surface area contributed by atoms with Gasteiger partial charge in [0.05, 0.1) is 5.52 Å². The van der Waals surface area contributed by atoms with Gasteiger partial charge in [-0.25, -0.2) is 0 Å². The molecular weight excluding hydrogens is 316 g/mol. The summed E-state index contributed by atoms with van der Waals surface area (Å²) in [5.74, 6) is 0.0981. The Balaban J connectivity index is 1.54. The number of carbonyl (C=O) groups is 2. The number of piperidine rings is 1. The second-order valence-electron chi connectivity index (χ2n) is 7.45. The van der Waals surface area contributed by atoms with Gasteiger partial charge >= 0.3 is 0 Å². The maximum Gasteiger partial charge on any atom is 0.272 e. The summed E-state index contributed by atoms with van der Waals surface area (Å²) in [6, 6.07) is 8.01. The molecule has 2 aromatic rings. The number of benzene rings is 1. The van der Waals surface area contributed by atoms with Gasteiger partial charge in [-0.3, -0.25) is 14.3 Å². The molecule has 1 aromatic heterocycles. The zero-order chi connectivity index (χ0) is 17.6. The predicted octanol–water partition coefficient (Wildman–Crippen LogP) is 2.09. The number of amides is 2. The van der Waals surface area contributed by atoms with E-state index in [1.807, 2.05) is 43.3 Å². The fourth-order valence-corrected chi connectivity index (χ4v) is 4.74. The van der Waals surface area contributed by atoms with Crippen molar-refractivity contribution >= 4 is 22.7 Å². The molecule has 1 saturated carbocycles. The molecule has 1 aliphatic heterocycles. The minimum atomic E-state index is -0.128. The normalized spacial score (nSPS) is 26.1. The maximum absolute atomic E-state index is 12.8. The summed E-state index contributed by atoms with van der Waals surface area (Å²) in [6.45, 7) is 0.610. The van der Waals surface area contributed by atoms with Crippen molar-refractivity contribution in [3.63, 3.8) is 0 Å². The molecular formula is C19H24N4O2. The lowest BCUT2D eigenvalue weighted by molar-refractivity contribution is -0.139. The molecule has 0 spiro atoms. The van der Waals surface area contributed by atoms with Crippen LogP contribution in [0.5, 0.6) is 0 Å². The Kier molecular flexibility index (Phi) is 3.78. The third-order valence-corrected chi connectivity index (χ3v) is 6.13. The molecule has 0 bridgehead atoms. The zero-order valence-electron chi connectivity index (χ0n) is 14.8. The highest BCUT2D eigenvalue weighted by molar-refractivity contribution is 6.04. The first-order valence-electron chi connectivity index (χ1n) is 8.97. The molecule has 1 aromatic carbocycles. The molecule has 2 heterocycles. The van der Waals surface area contributed by atoms with Crippen LogP contribution in [0.15, 0.2) is 24.3 Å². The van der Waals surface area contributed by atoms with E-state index in [2.05, 4.69) is 10.4 Å². The Morgan fingerprint density at radius 3 is 2.96 bits per heavy atom. The SMILES string of the molecule is CN1C(=O)CC[C@]2(CNC(=O)c3nn(C)c4ccccc34)CCC[C@@H]12. The van der Waals surface area contributed by atoms with Crippen molar-refractivity contribution in [3.05, 3.63) is 30.0 Å². The van der Waals surface area contributed by atoms with E-state index in [0.29, 0.717) is 18.7 Å². The fourth-order valence-electron chi connectivity index (χ4n) is 4.74. The number of nitrogens with zero attached hydrogens (tertiary/aromatic N) is 3. The van der Waals surface area contributed by atoms with E-state index in [1.54, 1.807) is 4.68 Å². The van der Waals surface area contributed by atoms with E-state index in [-0.39, 0.29) is 23.3 Å². The summed E-state index contributed by atoms with van der Waals surface area (Å²) in [4.78, 5) is 26.7. The van der Waals surface area contributed by atoms with Crippen LogP contribution in [0.4, 0.5) is 0 Å². The highest BCUT2D eigenvalue weighted by Crippen LogP contribution is 2.47. The summed E-state index contributed by atoms with van der Waals surface area (Å²) in [5.41, 5.74) is 1.44. The van der Waals surface area contributed by atoms with Crippen molar-refractivity contribution in [1.29, 1.82) is 0 Å². The second-order valence-corrected chi connectivity index (χ2v) is 7.45. The predicted molar refractivity (Wildman–Crippen MR) is 95.1 cm³/mol. The third-order valence-electron chi connectivity index (χ3n) is 6.13. The average molecular weight is 340 g/mol. The van der Waals surface area contributed by atoms with Crippen LogP contribution in [0, 0.1) is 5.41 Å². The van der Waals surface area contributed by atoms with E-state index in [1.165, 1.54) is 0 Å². The first kappa shape index (κ1) is 16.1. The highest BCUT2D eigenvalue weighted by Gasteiger charge is 2.49. The standard InChI is InChI=1S/C19H24N4O2/c1-22-15-8-5-10-19(15,11-9-16(22)24)12-20-18(25)17-13-6-3-4-7-14(13)23(2)21-17/h3-4,6-7,15H,5,8-12H2,1-2H3,(H,20,25)/t15-,19+/m1/s1. The van der Waals surface area contributed by atoms with Gasteiger partial charge < -0.3 is 10.2 Å². The third kappa shape index (κ3) is 2.51. The molecule has 6 heteroatoms. The number of hydrogen-bond acceptors (Lipinski definition) is 3. The van der Waals surface area contributed by atoms with Gasteiger partial charge in [-0.15, -0.1) is 0 Å². The highest BCUT2D eigenvalue weighted by atomic mass is 16.2. The van der Waals surface area contributed by atoms with E-state index < -0.39 is 0 Å².